The fourth-order valence-electron chi connectivity index (χ4n) is 2.23. The molecule has 0 bridgehead atoms. The van der Waals surface area contributed by atoms with Crippen LogP contribution < -0.4 is 5.32 Å². The third kappa shape index (κ3) is 3.64. The number of benzene rings is 2. The monoisotopic (exact) mass is 395 g/mol. The molecule has 2 rings (SSSR count). The second-order valence-electron chi connectivity index (χ2n) is 5.12. The lowest BCUT2D eigenvalue weighted by Gasteiger charge is -2.21. The maximum Gasteiger partial charge on any atom is 0.0634 e. The average molecular weight is 397 g/mol. The van der Waals surface area contributed by atoms with E-state index < -0.39 is 0 Å². The van der Waals surface area contributed by atoms with E-state index in [2.05, 4.69) is 94.3 Å². The molecule has 106 valence electrons. The largest absolute Gasteiger partial charge is 0.376 e. The van der Waals surface area contributed by atoms with E-state index in [1.807, 2.05) is 0 Å². The van der Waals surface area contributed by atoms with E-state index in [1.165, 1.54) is 16.7 Å². The summed E-state index contributed by atoms with van der Waals surface area (Å²) in [6.07, 6.45) is 1.04. The smallest absolute Gasteiger partial charge is 0.0634 e. The lowest BCUT2D eigenvalue weighted by molar-refractivity contribution is 0.748. The van der Waals surface area contributed by atoms with E-state index in [-0.39, 0.29) is 0 Å². The zero-order chi connectivity index (χ0) is 14.7. The number of nitrogens with one attached hydrogen (secondary N) is 1. The molecule has 0 heterocycles. The van der Waals surface area contributed by atoms with Crippen LogP contribution in [0, 0.1) is 13.8 Å². The maximum absolute atomic E-state index is 3.65. The summed E-state index contributed by atoms with van der Waals surface area (Å²) in [4.78, 5) is 0. The Bertz CT molecular complexity index is 567. The summed E-state index contributed by atoms with van der Waals surface area (Å²) in [5.74, 6) is 0. The Morgan fingerprint density at radius 3 is 2.00 bits per heavy atom. The van der Waals surface area contributed by atoms with Gasteiger partial charge in [0.1, 0.15) is 0 Å². The summed E-state index contributed by atoms with van der Waals surface area (Å²) in [6.45, 7) is 6.41. The first kappa shape index (κ1) is 15.6. The van der Waals surface area contributed by atoms with Gasteiger partial charge in [0.2, 0.25) is 0 Å². The third-order valence-electron chi connectivity index (χ3n) is 3.39. The van der Waals surface area contributed by atoms with Crippen molar-refractivity contribution in [2.24, 2.45) is 0 Å². The minimum atomic E-state index is 0.311. The molecule has 0 amide bonds. The number of halogens is 2. The molecule has 2 aromatic carbocycles. The topological polar surface area (TPSA) is 12.0 Å². The molecule has 20 heavy (non-hydrogen) atoms. The van der Waals surface area contributed by atoms with Crippen molar-refractivity contribution in [2.45, 2.75) is 33.2 Å². The van der Waals surface area contributed by atoms with Gasteiger partial charge in [0.05, 0.1) is 11.7 Å². The van der Waals surface area contributed by atoms with Gasteiger partial charge >= 0.3 is 0 Å². The predicted octanol–water partition coefficient (Wildman–Crippen LogP) is 6.39. The van der Waals surface area contributed by atoms with Crippen molar-refractivity contribution in [2.75, 3.05) is 5.32 Å². The molecule has 0 aliphatic heterocycles. The average Bonchev–Trinajstić information content (AvgIpc) is 2.39. The van der Waals surface area contributed by atoms with Gasteiger partial charge in [-0.25, -0.2) is 0 Å². The molecule has 0 radical (unpaired) electrons. The summed E-state index contributed by atoms with van der Waals surface area (Å²) in [7, 11) is 0. The van der Waals surface area contributed by atoms with Crippen molar-refractivity contribution in [1.29, 1.82) is 0 Å². The Labute approximate surface area is 138 Å². The van der Waals surface area contributed by atoms with Crippen molar-refractivity contribution >= 4 is 37.5 Å². The van der Waals surface area contributed by atoms with Gasteiger partial charge in [0.15, 0.2) is 0 Å². The molecule has 0 saturated carbocycles. The molecule has 0 aliphatic carbocycles. The summed E-state index contributed by atoms with van der Waals surface area (Å²) in [5.41, 5.74) is 4.96. The van der Waals surface area contributed by atoms with Gasteiger partial charge in [-0.3, -0.25) is 0 Å². The summed E-state index contributed by atoms with van der Waals surface area (Å²) in [6, 6.07) is 13.3. The van der Waals surface area contributed by atoms with Gasteiger partial charge < -0.3 is 5.32 Å². The summed E-state index contributed by atoms with van der Waals surface area (Å²) < 4.78 is 2.19. The quantitative estimate of drug-likeness (QED) is 0.630. The minimum Gasteiger partial charge on any atom is -0.376 e. The van der Waals surface area contributed by atoms with Crippen molar-refractivity contribution in [1.82, 2.24) is 0 Å². The van der Waals surface area contributed by atoms with Crippen LogP contribution in [0.15, 0.2) is 45.3 Å². The van der Waals surface area contributed by atoms with Gasteiger partial charge in [0, 0.05) is 8.95 Å². The highest BCUT2D eigenvalue weighted by Crippen LogP contribution is 2.35. The maximum atomic E-state index is 3.65. The molecular formula is C17H19Br2N. The Balaban J connectivity index is 2.29. The molecule has 1 atom stereocenters. The molecule has 0 spiro atoms. The van der Waals surface area contributed by atoms with Crippen molar-refractivity contribution in [3.63, 3.8) is 0 Å². The van der Waals surface area contributed by atoms with Crippen molar-refractivity contribution in [3.05, 3.63) is 62.0 Å². The van der Waals surface area contributed by atoms with Gasteiger partial charge in [-0.1, -0.05) is 36.8 Å². The van der Waals surface area contributed by atoms with Crippen LogP contribution in [-0.4, -0.2) is 0 Å². The van der Waals surface area contributed by atoms with Crippen molar-refractivity contribution in [3.8, 4) is 0 Å². The first-order chi connectivity index (χ1) is 9.51. The second-order valence-corrected chi connectivity index (χ2v) is 6.83. The first-order valence-electron chi connectivity index (χ1n) is 6.80. The Morgan fingerprint density at radius 2 is 1.50 bits per heavy atom. The van der Waals surface area contributed by atoms with E-state index in [0.717, 1.165) is 21.1 Å². The molecule has 3 heteroatoms. The standard InChI is InChI=1S/C17H19Br2N/c1-4-16(13-7-5-11(2)6-8-13)20-17-14(18)9-12(3)10-15(17)19/h5-10,16,20H,4H2,1-3H3. The van der Waals surface area contributed by atoms with Crippen LogP contribution in [0.1, 0.15) is 36.1 Å². The van der Waals surface area contributed by atoms with E-state index in [0.29, 0.717) is 6.04 Å². The summed E-state index contributed by atoms with van der Waals surface area (Å²) >= 11 is 7.29. The van der Waals surface area contributed by atoms with E-state index in [1.54, 1.807) is 0 Å². The molecule has 0 aromatic heterocycles. The van der Waals surface area contributed by atoms with E-state index in [4.69, 9.17) is 0 Å². The molecular weight excluding hydrogens is 378 g/mol. The van der Waals surface area contributed by atoms with Crippen LogP contribution in [0.3, 0.4) is 0 Å². The minimum absolute atomic E-state index is 0.311. The SMILES string of the molecule is CCC(Nc1c(Br)cc(C)cc1Br)c1ccc(C)cc1. The van der Waals surface area contributed by atoms with Gasteiger partial charge in [-0.15, -0.1) is 0 Å². The zero-order valence-corrected chi connectivity index (χ0v) is 15.2. The second kappa shape index (κ2) is 6.77. The zero-order valence-electron chi connectivity index (χ0n) is 12.0. The molecule has 0 saturated heterocycles. The Hall–Kier alpha value is -0.800. The number of aryl methyl sites for hydroxylation is 2. The highest BCUT2D eigenvalue weighted by atomic mass is 79.9. The van der Waals surface area contributed by atoms with Crippen LogP contribution in [0.25, 0.3) is 0 Å². The molecule has 1 nitrogen and oxygen atoms in total. The third-order valence-corrected chi connectivity index (χ3v) is 4.64. The number of hydrogen-bond acceptors (Lipinski definition) is 1. The Kier molecular flexibility index (Phi) is 5.28. The van der Waals surface area contributed by atoms with Gasteiger partial charge in [-0.05, 0) is 75.4 Å². The normalized spacial score (nSPS) is 12.2. The number of rotatable bonds is 4. The predicted molar refractivity (Wildman–Crippen MR) is 94.4 cm³/mol. The summed E-state index contributed by atoms with van der Waals surface area (Å²) in [5, 5.41) is 3.63. The first-order valence-corrected chi connectivity index (χ1v) is 8.38. The van der Waals surface area contributed by atoms with Crippen LogP contribution in [0.2, 0.25) is 0 Å². The molecule has 2 aromatic rings. The van der Waals surface area contributed by atoms with E-state index >= 15 is 0 Å². The number of anilines is 1. The fourth-order valence-corrected chi connectivity index (χ4v) is 3.88. The highest BCUT2D eigenvalue weighted by molar-refractivity contribution is 9.11. The lowest BCUT2D eigenvalue weighted by atomic mass is 10.0. The van der Waals surface area contributed by atoms with Crippen LogP contribution >= 0.6 is 31.9 Å². The number of hydrogen-bond donors (Lipinski definition) is 1. The molecule has 0 aliphatic rings. The van der Waals surface area contributed by atoms with Crippen molar-refractivity contribution < 1.29 is 0 Å². The fraction of sp³-hybridized carbons (Fsp3) is 0.294. The van der Waals surface area contributed by atoms with Crippen LogP contribution in [-0.2, 0) is 0 Å². The Morgan fingerprint density at radius 1 is 0.950 bits per heavy atom. The molecule has 1 N–H and O–H groups in total. The highest BCUT2D eigenvalue weighted by Gasteiger charge is 2.13. The van der Waals surface area contributed by atoms with Gasteiger partial charge in [-0.2, -0.15) is 0 Å². The van der Waals surface area contributed by atoms with Crippen LogP contribution in [0.5, 0.6) is 0 Å². The van der Waals surface area contributed by atoms with E-state index in [9.17, 15) is 0 Å². The molecule has 1 unspecified atom stereocenters. The van der Waals surface area contributed by atoms with Gasteiger partial charge in [0.25, 0.3) is 0 Å². The van der Waals surface area contributed by atoms with Crippen LogP contribution in [0.4, 0.5) is 5.69 Å². The lowest BCUT2D eigenvalue weighted by Crippen LogP contribution is -2.10. The molecule has 0 fully saturated rings.